The monoisotopic (exact) mass is 485 g/mol. The molecular formula is C23H43NO2Sn. The Morgan fingerprint density at radius 2 is 1.56 bits per heavy atom. The van der Waals surface area contributed by atoms with Gasteiger partial charge in [0.1, 0.15) is 0 Å². The molecule has 3 nitrogen and oxygen atoms in total. The number of carbonyl (C=O) groups is 1. The van der Waals surface area contributed by atoms with Gasteiger partial charge in [-0.05, 0) is 0 Å². The molecule has 0 unspecified atom stereocenters. The average Bonchev–Trinajstić information content (AvgIpc) is 2.90. The Hall–Kier alpha value is -0.371. The minimum absolute atomic E-state index is 0.125. The predicted octanol–water partition coefficient (Wildman–Crippen LogP) is 5.25. The molecule has 0 saturated carbocycles. The van der Waals surface area contributed by atoms with Gasteiger partial charge in [0.15, 0.2) is 0 Å². The third-order valence-electron chi connectivity index (χ3n) is 6.01. The van der Waals surface area contributed by atoms with Gasteiger partial charge in [-0.2, -0.15) is 0 Å². The third kappa shape index (κ3) is 6.05. The van der Waals surface area contributed by atoms with Crippen molar-refractivity contribution in [2.75, 3.05) is 6.54 Å². The first-order chi connectivity index (χ1) is 12.7. The van der Waals surface area contributed by atoms with Crippen molar-refractivity contribution in [3.8, 4) is 9.86 Å². The predicted molar refractivity (Wildman–Crippen MR) is 119 cm³/mol. The molecule has 0 aromatic carbocycles. The van der Waals surface area contributed by atoms with Crippen LogP contribution in [0.5, 0.6) is 0 Å². The van der Waals surface area contributed by atoms with Crippen molar-refractivity contribution in [3.63, 3.8) is 0 Å². The van der Waals surface area contributed by atoms with Gasteiger partial charge in [-0.15, -0.1) is 0 Å². The summed E-state index contributed by atoms with van der Waals surface area (Å²) < 4.78 is 9.27. The molecule has 0 N–H and O–H groups in total. The second kappa shape index (κ2) is 11.0. The molecule has 0 bridgehead atoms. The van der Waals surface area contributed by atoms with E-state index < -0.39 is 5.60 Å². The van der Waals surface area contributed by atoms with Crippen molar-refractivity contribution in [1.29, 1.82) is 0 Å². The quantitative estimate of drug-likeness (QED) is 0.331. The van der Waals surface area contributed by atoms with E-state index in [-0.39, 0.29) is 17.0 Å². The van der Waals surface area contributed by atoms with Crippen molar-refractivity contribution >= 4 is 28.6 Å². The van der Waals surface area contributed by atoms with E-state index in [1.165, 1.54) is 38.5 Å². The molecule has 1 atom stereocenters. The molecule has 0 radical (unpaired) electrons. The topological polar surface area (TPSA) is 29.5 Å². The Balaban J connectivity index is 3.41. The van der Waals surface area contributed by atoms with Crippen LogP contribution in [-0.4, -0.2) is 51.2 Å². The molecule has 0 aromatic rings. The molecule has 1 amide bonds. The number of hydrogen-bond acceptors (Lipinski definition) is 2. The minimum atomic E-state index is -0.468. The fourth-order valence-corrected chi connectivity index (χ4v) is 5.88. The number of nitrogens with zero attached hydrogens (tertiary/aromatic N) is 1. The molecule has 1 rings (SSSR count). The Morgan fingerprint density at radius 3 is 2.00 bits per heavy atom. The maximum atomic E-state index is 13.2. The van der Waals surface area contributed by atoms with Gasteiger partial charge in [0, 0.05) is 0 Å². The van der Waals surface area contributed by atoms with E-state index in [4.69, 9.17) is 4.74 Å². The van der Waals surface area contributed by atoms with E-state index >= 15 is 0 Å². The molecule has 27 heavy (non-hydrogen) atoms. The number of rotatable bonds is 9. The number of amides is 1. The number of ether oxygens (including phenoxy) is 1. The Kier molecular flexibility index (Phi) is 10.0. The Labute approximate surface area is 181 Å². The summed E-state index contributed by atoms with van der Waals surface area (Å²) in [6.45, 7) is 13.4. The van der Waals surface area contributed by atoms with Gasteiger partial charge in [0.2, 0.25) is 0 Å². The van der Waals surface area contributed by atoms with E-state index in [0.717, 1.165) is 32.2 Å². The van der Waals surface area contributed by atoms with E-state index in [0.29, 0.717) is 22.5 Å². The standard InChI is InChI=1S/C23H40NO2.Sn.3H/c1-8-12-15-22(16-13-9-2)18-19-24(20(25)26-21(5,6)7)23(22,11-4)17-14-10-3;;;;/h8-10,12-19H2,1-3,5-7H3;;;;/t23-;;;;/m0..../s1. The normalized spacial score (nSPS) is 21.8. The van der Waals surface area contributed by atoms with Gasteiger partial charge in [-0.3, -0.25) is 0 Å². The van der Waals surface area contributed by atoms with Crippen LogP contribution >= 0.6 is 0 Å². The van der Waals surface area contributed by atoms with Gasteiger partial charge in [-0.25, -0.2) is 0 Å². The fourth-order valence-electron chi connectivity index (χ4n) is 4.69. The molecule has 0 spiro atoms. The summed E-state index contributed by atoms with van der Waals surface area (Å²) in [5, 5.41) is 0. The zero-order valence-corrected chi connectivity index (χ0v) is 24.8. The summed E-state index contributed by atoms with van der Waals surface area (Å²) in [6, 6.07) is 0. The van der Waals surface area contributed by atoms with Crippen molar-refractivity contribution in [3.05, 3.63) is 0 Å². The van der Waals surface area contributed by atoms with Crippen LogP contribution in [0.4, 0.5) is 4.79 Å². The summed E-state index contributed by atoms with van der Waals surface area (Å²) in [5.41, 5.74) is -0.675. The number of hydrogen-bond donors (Lipinski definition) is 0. The molecule has 0 aromatic heterocycles. The number of carbonyl (C=O) groups excluding carboxylic acids is 1. The van der Waals surface area contributed by atoms with Crippen LogP contribution in [0.2, 0.25) is 0 Å². The van der Waals surface area contributed by atoms with Crippen LogP contribution in [0, 0.1) is 15.3 Å². The molecule has 1 aliphatic rings. The Bertz CT molecular complexity index is 521. The fraction of sp³-hybridized carbons (Fsp3) is 0.870. The maximum absolute atomic E-state index is 13.2. The molecule has 4 heteroatoms. The van der Waals surface area contributed by atoms with Crippen LogP contribution in [0.1, 0.15) is 106 Å². The third-order valence-corrected chi connectivity index (χ3v) is 6.72. The summed E-state index contributed by atoms with van der Waals surface area (Å²) >= 11 is 0.294. The zero-order valence-electron chi connectivity index (χ0n) is 19.0. The van der Waals surface area contributed by atoms with Gasteiger partial charge >= 0.3 is 182 Å². The average molecular weight is 484 g/mol. The van der Waals surface area contributed by atoms with Crippen LogP contribution in [0.25, 0.3) is 0 Å². The van der Waals surface area contributed by atoms with Gasteiger partial charge < -0.3 is 0 Å². The number of unbranched alkanes of at least 4 members (excludes halogenated alkanes) is 3. The molecule has 1 heterocycles. The summed E-state index contributed by atoms with van der Waals surface area (Å²) in [6.07, 6.45) is 11.3. The SMILES string of the molecule is CCCCC1(CCCC)CCN(C(=O)OC(C)(C)C)[C@@]1(C#[C][SnH3])CCCC. The van der Waals surface area contributed by atoms with Crippen LogP contribution in [0.3, 0.4) is 0 Å². The van der Waals surface area contributed by atoms with E-state index in [2.05, 4.69) is 30.6 Å². The van der Waals surface area contributed by atoms with Crippen LogP contribution in [0.15, 0.2) is 0 Å². The van der Waals surface area contributed by atoms with Gasteiger partial charge in [-0.1, -0.05) is 0 Å². The van der Waals surface area contributed by atoms with Crippen molar-refractivity contribution in [2.24, 2.45) is 5.41 Å². The second-order valence-corrected chi connectivity index (χ2v) is 10.6. The first kappa shape index (κ1) is 24.7. The van der Waals surface area contributed by atoms with E-state index in [1.54, 1.807) is 0 Å². The van der Waals surface area contributed by atoms with Crippen LogP contribution < -0.4 is 0 Å². The molecule has 0 aliphatic carbocycles. The van der Waals surface area contributed by atoms with Crippen molar-refractivity contribution < 1.29 is 9.53 Å². The van der Waals surface area contributed by atoms with Crippen molar-refractivity contribution in [2.45, 2.75) is 117 Å². The van der Waals surface area contributed by atoms with Gasteiger partial charge in [0.25, 0.3) is 0 Å². The molecule has 1 saturated heterocycles. The summed E-state index contributed by atoms with van der Waals surface area (Å²) in [4.78, 5) is 15.2. The number of likely N-dealkylation sites (tertiary alicyclic amines) is 1. The molecule has 1 fully saturated rings. The second-order valence-electron chi connectivity index (χ2n) is 9.21. The molecule has 156 valence electrons. The first-order valence-corrected chi connectivity index (χ1v) is 14.0. The van der Waals surface area contributed by atoms with Gasteiger partial charge in [0.05, 0.1) is 0 Å². The Morgan fingerprint density at radius 1 is 1.04 bits per heavy atom. The first-order valence-electron chi connectivity index (χ1n) is 11.2. The van der Waals surface area contributed by atoms with E-state index in [9.17, 15) is 4.79 Å². The summed E-state index contributed by atoms with van der Waals surface area (Å²) in [5.74, 6) is 3.69. The molecule has 1 aliphatic heterocycles. The summed E-state index contributed by atoms with van der Waals surface area (Å²) in [7, 11) is 0. The van der Waals surface area contributed by atoms with Crippen LogP contribution in [-0.2, 0) is 4.74 Å². The van der Waals surface area contributed by atoms with E-state index in [1.807, 2.05) is 25.7 Å². The molecular weight excluding hydrogens is 441 g/mol. The van der Waals surface area contributed by atoms with Crippen molar-refractivity contribution in [1.82, 2.24) is 4.90 Å². The zero-order chi connectivity index (χ0) is 20.6.